The molecule has 1 amide bonds. The number of aromatic nitrogens is 2. The van der Waals surface area contributed by atoms with Gasteiger partial charge >= 0.3 is 0 Å². The molecule has 2 aromatic carbocycles. The summed E-state index contributed by atoms with van der Waals surface area (Å²) in [5.74, 6) is 1.02. The largest absolute Gasteiger partial charge is 0.339 e. The number of benzene rings is 2. The van der Waals surface area contributed by atoms with Crippen LogP contribution in [0.4, 0.5) is 5.69 Å². The Labute approximate surface area is 161 Å². The first-order valence-electron chi connectivity index (χ1n) is 8.16. The van der Waals surface area contributed by atoms with Crippen LogP contribution in [0.3, 0.4) is 0 Å². The van der Waals surface area contributed by atoms with Crippen LogP contribution in [0, 0.1) is 0 Å². The fraction of sp³-hybridized carbons (Fsp3) is 0.211. The highest BCUT2D eigenvalue weighted by Gasteiger charge is 2.10. The van der Waals surface area contributed by atoms with Crippen LogP contribution in [-0.4, -0.2) is 22.3 Å². The molecule has 1 N–H and O–H groups in total. The van der Waals surface area contributed by atoms with Crippen molar-refractivity contribution in [3.8, 4) is 11.4 Å². The highest BCUT2D eigenvalue weighted by Crippen LogP contribution is 2.20. The van der Waals surface area contributed by atoms with Gasteiger partial charge in [0.1, 0.15) is 0 Å². The predicted molar refractivity (Wildman–Crippen MR) is 105 cm³/mol. The maximum atomic E-state index is 12.1. The second-order valence-corrected chi connectivity index (χ2v) is 6.97. The molecular weight excluding hydrogens is 370 g/mol. The van der Waals surface area contributed by atoms with Crippen LogP contribution in [-0.2, 0) is 11.2 Å². The lowest BCUT2D eigenvalue weighted by Crippen LogP contribution is -2.11. The first-order chi connectivity index (χ1) is 12.6. The van der Waals surface area contributed by atoms with E-state index in [0.717, 1.165) is 16.1 Å². The van der Waals surface area contributed by atoms with Gasteiger partial charge in [-0.15, -0.1) is 11.8 Å². The fourth-order valence-corrected chi connectivity index (χ4v) is 2.98. The Morgan fingerprint density at radius 1 is 1.23 bits per heavy atom. The molecule has 0 unspecified atom stereocenters. The lowest BCUT2D eigenvalue weighted by atomic mass is 10.2. The lowest BCUT2D eigenvalue weighted by molar-refractivity contribution is -0.116. The van der Waals surface area contributed by atoms with E-state index in [1.165, 1.54) is 0 Å². The Bertz CT molecular complexity index is 881. The van der Waals surface area contributed by atoms with Crippen molar-refractivity contribution in [3.05, 3.63) is 59.4 Å². The molecule has 134 valence electrons. The van der Waals surface area contributed by atoms with Gasteiger partial charge in [0.05, 0.1) is 0 Å². The highest BCUT2D eigenvalue weighted by molar-refractivity contribution is 7.98. The Balaban J connectivity index is 1.48. The quantitative estimate of drug-likeness (QED) is 0.573. The minimum absolute atomic E-state index is 0.0271. The van der Waals surface area contributed by atoms with Crippen LogP contribution in [0.5, 0.6) is 0 Å². The Morgan fingerprint density at radius 2 is 2.04 bits per heavy atom. The van der Waals surface area contributed by atoms with Gasteiger partial charge in [-0.2, -0.15) is 4.98 Å². The van der Waals surface area contributed by atoms with Gasteiger partial charge < -0.3 is 9.84 Å². The number of anilines is 1. The van der Waals surface area contributed by atoms with Gasteiger partial charge in [-0.05, 0) is 55.1 Å². The summed E-state index contributed by atoms with van der Waals surface area (Å²) in [6.07, 6.45) is 3.58. The van der Waals surface area contributed by atoms with E-state index in [0.29, 0.717) is 36.0 Å². The van der Waals surface area contributed by atoms with Crippen LogP contribution < -0.4 is 5.32 Å². The smallest absolute Gasteiger partial charge is 0.226 e. The Kier molecular flexibility index (Phi) is 6.30. The van der Waals surface area contributed by atoms with Gasteiger partial charge in [-0.1, -0.05) is 22.8 Å². The molecule has 0 atom stereocenters. The summed E-state index contributed by atoms with van der Waals surface area (Å²) in [4.78, 5) is 17.5. The van der Waals surface area contributed by atoms with Gasteiger partial charge in [0.25, 0.3) is 0 Å². The number of rotatable bonds is 7. The maximum Gasteiger partial charge on any atom is 0.226 e. The number of carbonyl (C=O) groups excluding carboxylic acids is 1. The molecule has 0 saturated heterocycles. The standard InChI is InChI=1S/C19H18ClN3O2S/c1-26-16-5-2-4-15(12-16)21-17(24)6-3-7-18-22-19(23-25-18)13-8-10-14(20)11-9-13/h2,4-5,8-12H,3,6-7H2,1H3,(H,21,24). The molecule has 1 heterocycles. The lowest BCUT2D eigenvalue weighted by Gasteiger charge is -2.05. The number of hydrogen-bond acceptors (Lipinski definition) is 5. The number of thioether (sulfide) groups is 1. The number of aryl methyl sites for hydroxylation is 1. The van der Waals surface area contributed by atoms with Crippen molar-refractivity contribution in [2.24, 2.45) is 0 Å². The third-order valence-electron chi connectivity index (χ3n) is 3.72. The van der Waals surface area contributed by atoms with Crippen molar-refractivity contribution in [2.45, 2.75) is 24.2 Å². The third kappa shape index (κ3) is 5.09. The molecule has 0 aliphatic carbocycles. The number of amides is 1. The molecule has 26 heavy (non-hydrogen) atoms. The van der Waals surface area contributed by atoms with Crippen LogP contribution in [0.1, 0.15) is 18.7 Å². The molecule has 0 saturated carbocycles. The van der Waals surface area contributed by atoms with E-state index < -0.39 is 0 Å². The second kappa shape index (κ2) is 8.87. The van der Waals surface area contributed by atoms with Crippen molar-refractivity contribution in [1.29, 1.82) is 0 Å². The molecule has 0 radical (unpaired) electrons. The van der Waals surface area contributed by atoms with E-state index in [9.17, 15) is 4.79 Å². The first-order valence-corrected chi connectivity index (χ1v) is 9.77. The van der Waals surface area contributed by atoms with Crippen molar-refractivity contribution >= 4 is 35.0 Å². The van der Waals surface area contributed by atoms with Gasteiger partial charge in [0, 0.05) is 34.0 Å². The SMILES string of the molecule is CSc1cccc(NC(=O)CCCc2nc(-c3ccc(Cl)cc3)no2)c1. The van der Waals surface area contributed by atoms with Gasteiger partial charge in [-0.25, -0.2) is 0 Å². The molecule has 5 nitrogen and oxygen atoms in total. The minimum Gasteiger partial charge on any atom is -0.339 e. The van der Waals surface area contributed by atoms with Crippen LogP contribution in [0.15, 0.2) is 57.9 Å². The van der Waals surface area contributed by atoms with Crippen LogP contribution in [0.2, 0.25) is 5.02 Å². The molecular formula is C19H18ClN3O2S. The normalized spacial score (nSPS) is 10.7. The maximum absolute atomic E-state index is 12.1. The topological polar surface area (TPSA) is 68.0 Å². The van der Waals surface area contributed by atoms with Crippen LogP contribution in [0.25, 0.3) is 11.4 Å². The fourth-order valence-electron chi connectivity index (χ4n) is 2.40. The molecule has 7 heteroatoms. The average molecular weight is 388 g/mol. The number of carbonyl (C=O) groups is 1. The zero-order valence-corrected chi connectivity index (χ0v) is 15.8. The van der Waals surface area contributed by atoms with Crippen molar-refractivity contribution < 1.29 is 9.32 Å². The van der Waals surface area contributed by atoms with Gasteiger partial charge in [0.15, 0.2) is 0 Å². The molecule has 3 rings (SSSR count). The van der Waals surface area contributed by atoms with E-state index >= 15 is 0 Å². The molecule has 3 aromatic rings. The summed E-state index contributed by atoms with van der Waals surface area (Å²) < 4.78 is 5.25. The summed E-state index contributed by atoms with van der Waals surface area (Å²) in [7, 11) is 0. The number of nitrogens with zero attached hydrogens (tertiary/aromatic N) is 2. The molecule has 0 aliphatic rings. The predicted octanol–water partition coefficient (Wildman–Crippen LogP) is 5.07. The summed E-state index contributed by atoms with van der Waals surface area (Å²) in [5.41, 5.74) is 1.65. The van der Waals surface area contributed by atoms with E-state index in [1.807, 2.05) is 42.7 Å². The molecule has 0 spiro atoms. The minimum atomic E-state index is -0.0271. The van der Waals surface area contributed by atoms with Gasteiger partial charge in [-0.3, -0.25) is 4.79 Å². The molecule has 0 fully saturated rings. The second-order valence-electron chi connectivity index (χ2n) is 5.65. The Morgan fingerprint density at radius 3 is 2.81 bits per heavy atom. The summed E-state index contributed by atoms with van der Waals surface area (Å²) in [6, 6.07) is 15.0. The number of nitrogens with one attached hydrogen (secondary N) is 1. The first kappa shape index (κ1) is 18.5. The van der Waals surface area contributed by atoms with Crippen molar-refractivity contribution in [2.75, 3.05) is 11.6 Å². The monoisotopic (exact) mass is 387 g/mol. The third-order valence-corrected chi connectivity index (χ3v) is 4.70. The summed E-state index contributed by atoms with van der Waals surface area (Å²) in [5, 5.41) is 7.54. The molecule has 0 aliphatic heterocycles. The average Bonchev–Trinajstić information content (AvgIpc) is 3.11. The zero-order chi connectivity index (χ0) is 18.4. The van der Waals surface area contributed by atoms with Gasteiger partial charge in [0.2, 0.25) is 17.6 Å². The van der Waals surface area contributed by atoms with E-state index in [1.54, 1.807) is 23.9 Å². The van der Waals surface area contributed by atoms with Crippen molar-refractivity contribution in [1.82, 2.24) is 10.1 Å². The van der Waals surface area contributed by atoms with E-state index in [-0.39, 0.29) is 5.91 Å². The molecule has 1 aromatic heterocycles. The molecule has 0 bridgehead atoms. The Hall–Kier alpha value is -2.31. The number of halogens is 1. The van der Waals surface area contributed by atoms with Crippen molar-refractivity contribution in [3.63, 3.8) is 0 Å². The van der Waals surface area contributed by atoms with E-state index in [4.69, 9.17) is 16.1 Å². The number of hydrogen-bond donors (Lipinski definition) is 1. The summed E-state index contributed by atoms with van der Waals surface area (Å²) in [6.45, 7) is 0. The van der Waals surface area contributed by atoms with E-state index in [2.05, 4.69) is 15.5 Å². The zero-order valence-electron chi connectivity index (χ0n) is 14.2. The highest BCUT2D eigenvalue weighted by atomic mass is 35.5. The summed E-state index contributed by atoms with van der Waals surface area (Å²) >= 11 is 7.51. The van der Waals surface area contributed by atoms with Crippen LogP contribution >= 0.6 is 23.4 Å².